The van der Waals surface area contributed by atoms with Crippen LogP contribution in [0.1, 0.15) is 11.4 Å². The van der Waals surface area contributed by atoms with Crippen molar-refractivity contribution in [3.8, 4) is 5.69 Å². The van der Waals surface area contributed by atoms with Crippen LogP contribution >= 0.6 is 27.3 Å². The molecule has 0 amide bonds. The molecule has 3 rings (SSSR count). The number of aryl methyl sites for hydroxylation is 2. The summed E-state index contributed by atoms with van der Waals surface area (Å²) in [4.78, 5) is 0. The van der Waals surface area contributed by atoms with Crippen LogP contribution < -0.4 is 4.72 Å². The Kier molecular flexibility index (Phi) is 4.31. The van der Waals surface area contributed by atoms with Crippen molar-refractivity contribution in [1.82, 2.24) is 9.78 Å². The van der Waals surface area contributed by atoms with Gasteiger partial charge >= 0.3 is 0 Å². The molecule has 0 unspecified atom stereocenters. The fraction of sp³-hybridized carbons (Fsp3) is 0.133. The molecule has 0 aliphatic carbocycles. The molecule has 120 valence electrons. The van der Waals surface area contributed by atoms with E-state index in [0.29, 0.717) is 5.69 Å². The number of rotatable bonds is 4. The van der Waals surface area contributed by atoms with Crippen LogP contribution in [0.25, 0.3) is 5.69 Å². The molecule has 0 fully saturated rings. The Morgan fingerprint density at radius 2 is 1.96 bits per heavy atom. The molecular weight excluding hydrogens is 398 g/mol. The predicted molar refractivity (Wildman–Crippen MR) is 95.9 cm³/mol. The van der Waals surface area contributed by atoms with Crippen LogP contribution in [0.4, 0.5) is 5.69 Å². The molecular formula is C15H14BrN3O2S2. The highest BCUT2D eigenvalue weighted by molar-refractivity contribution is 9.11. The molecule has 3 aromatic rings. The van der Waals surface area contributed by atoms with Crippen molar-refractivity contribution in [3.05, 3.63) is 57.6 Å². The highest BCUT2D eigenvalue weighted by Crippen LogP contribution is 2.28. The van der Waals surface area contributed by atoms with Crippen LogP contribution in [-0.4, -0.2) is 18.2 Å². The number of sulfonamides is 1. The SMILES string of the molecule is Cc1cc(C)n(-c2cccc(NS(=O)(=O)c3ccc(Br)s3)c2)n1. The van der Waals surface area contributed by atoms with Gasteiger partial charge in [-0.2, -0.15) is 5.10 Å². The number of nitrogens with one attached hydrogen (secondary N) is 1. The molecule has 0 aliphatic heterocycles. The molecule has 2 aromatic heterocycles. The molecule has 2 heterocycles. The number of aromatic nitrogens is 2. The van der Waals surface area contributed by atoms with Crippen molar-refractivity contribution in [2.45, 2.75) is 18.1 Å². The van der Waals surface area contributed by atoms with E-state index in [-0.39, 0.29) is 4.21 Å². The lowest BCUT2D eigenvalue weighted by Crippen LogP contribution is -2.11. The van der Waals surface area contributed by atoms with E-state index in [9.17, 15) is 8.42 Å². The molecule has 0 aliphatic rings. The maximum Gasteiger partial charge on any atom is 0.271 e. The lowest BCUT2D eigenvalue weighted by Gasteiger charge is -2.09. The average molecular weight is 412 g/mol. The summed E-state index contributed by atoms with van der Waals surface area (Å²) in [5, 5.41) is 4.41. The Morgan fingerprint density at radius 1 is 1.17 bits per heavy atom. The summed E-state index contributed by atoms with van der Waals surface area (Å²) in [7, 11) is -3.59. The maximum absolute atomic E-state index is 12.4. The van der Waals surface area contributed by atoms with E-state index in [1.54, 1.807) is 35.0 Å². The predicted octanol–water partition coefficient (Wildman–Crippen LogP) is 4.11. The lowest BCUT2D eigenvalue weighted by atomic mass is 10.3. The zero-order valence-corrected chi connectivity index (χ0v) is 15.7. The molecule has 8 heteroatoms. The van der Waals surface area contributed by atoms with Crippen LogP contribution in [0.5, 0.6) is 0 Å². The van der Waals surface area contributed by atoms with Gasteiger partial charge in [0, 0.05) is 5.69 Å². The zero-order valence-electron chi connectivity index (χ0n) is 12.4. The molecule has 0 radical (unpaired) electrons. The molecule has 1 aromatic carbocycles. The number of benzene rings is 1. The van der Waals surface area contributed by atoms with Gasteiger partial charge < -0.3 is 0 Å². The molecule has 0 atom stereocenters. The first-order chi connectivity index (χ1) is 10.8. The van der Waals surface area contributed by atoms with E-state index >= 15 is 0 Å². The van der Waals surface area contributed by atoms with Crippen LogP contribution in [-0.2, 0) is 10.0 Å². The summed E-state index contributed by atoms with van der Waals surface area (Å²) >= 11 is 4.45. The minimum atomic E-state index is -3.59. The molecule has 0 saturated carbocycles. The van der Waals surface area contributed by atoms with E-state index in [1.807, 2.05) is 26.0 Å². The quantitative estimate of drug-likeness (QED) is 0.702. The van der Waals surface area contributed by atoms with Crippen molar-refractivity contribution in [2.75, 3.05) is 4.72 Å². The van der Waals surface area contributed by atoms with Gasteiger partial charge in [0.05, 0.1) is 20.9 Å². The fourth-order valence-corrected chi connectivity index (χ4v) is 5.30. The largest absolute Gasteiger partial charge is 0.279 e. The van der Waals surface area contributed by atoms with E-state index in [2.05, 4.69) is 25.8 Å². The van der Waals surface area contributed by atoms with Crippen molar-refractivity contribution in [1.29, 1.82) is 0 Å². The summed E-state index contributed by atoms with van der Waals surface area (Å²) in [6, 6.07) is 12.4. The maximum atomic E-state index is 12.4. The van der Waals surface area contributed by atoms with Crippen LogP contribution in [0.15, 0.2) is 50.5 Å². The number of hydrogen-bond donors (Lipinski definition) is 1. The van der Waals surface area contributed by atoms with Gasteiger partial charge in [0.25, 0.3) is 10.0 Å². The number of hydrogen-bond acceptors (Lipinski definition) is 4. The molecule has 5 nitrogen and oxygen atoms in total. The van der Waals surface area contributed by atoms with Crippen molar-refractivity contribution >= 4 is 43.0 Å². The van der Waals surface area contributed by atoms with Gasteiger partial charge in [0.1, 0.15) is 4.21 Å². The highest BCUT2D eigenvalue weighted by Gasteiger charge is 2.17. The van der Waals surface area contributed by atoms with Crippen molar-refractivity contribution in [2.24, 2.45) is 0 Å². The topological polar surface area (TPSA) is 64.0 Å². The van der Waals surface area contributed by atoms with Crippen LogP contribution in [0, 0.1) is 13.8 Å². The Bertz CT molecular complexity index is 961. The lowest BCUT2D eigenvalue weighted by molar-refractivity contribution is 0.603. The Balaban J connectivity index is 1.93. The number of thiophene rings is 1. The van der Waals surface area contributed by atoms with Crippen molar-refractivity contribution < 1.29 is 8.42 Å². The van der Waals surface area contributed by atoms with E-state index in [0.717, 1.165) is 20.9 Å². The summed E-state index contributed by atoms with van der Waals surface area (Å²) in [6.07, 6.45) is 0. The third kappa shape index (κ3) is 3.49. The zero-order chi connectivity index (χ0) is 16.6. The summed E-state index contributed by atoms with van der Waals surface area (Å²) in [5.74, 6) is 0. The summed E-state index contributed by atoms with van der Waals surface area (Å²) in [6.45, 7) is 3.88. The Labute approximate surface area is 147 Å². The van der Waals surface area contributed by atoms with Crippen LogP contribution in [0.3, 0.4) is 0 Å². The standard InChI is InChI=1S/C15H14BrN3O2S2/c1-10-8-11(2)19(17-10)13-5-3-4-12(9-13)18-23(20,21)15-7-6-14(16)22-15/h3-9,18H,1-2H3. The first kappa shape index (κ1) is 16.2. The molecule has 0 saturated heterocycles. The smallest absolute Gasteiger partial charge is 0.271 e. The van der Waals surface area contributed by atoms with Gasteiger partial charge in [-0.25, -0.2) is 13.1 Å². The minimum Gasteiger partial charge on any atom is -0.279 e. The molecule has 0 spiro atoms. The summed E-state index contributed by atoms with van der Waals surface area (Å²) < 4.78 is 30.2. The minimum absolute atomic E-state index is 0.265. The Morgan fingerprint density at radius 3 is 2.57 bits per heavy atom. The van der Waals surface area contributed by atoms with Gasteiger partial charge in [-0.3, -0.25) is 4.72 Å². The third-order valence-electron chi connectivity index (χ3n) is 3.17. The van der Waals surface area contributed by atoms with Crippen LogP contribution in [0.2, 0.25) is 0 Å². The first-order valence-electron chi connectivity index (χ1n) is 6.77. The normalized spacial score (nSPS) is 11.6. The molecule has 1 N–H and O–H groups in total. The Hall–Kier alpha value is -1.64. The van der Waals surface area contributed by atoms with Gasteiger partial charge in [-0.05, 0) is 66.2 Å². The number of nitrogens with zero attached hydrogens (tertiary/aromatic N) is 2. The summed E-state index contributed by atoms with van der Waals surface area (Å²) in [5.41, 5.74) is 3.21. The third-order valence-corrected chi connectivity index (χ3v) is 6.66. The molecule has 23 heavy (non-hydrogen) atoms. The van der Waals surface area contributed by atoms with Crippen molar-refractivity contribution in [3.63, 3.8) is 0 Å². The van der Waals surface area contributed by atoms with E-state index < -0.39 is 10.0 Å². The second-order valence-corrected chi connectivity index (χ2v) is 9.43. The second-order valence-electron chi connectivity index (χ2n) is 5.05. The monoisotopic (exact) mass is 411 g/mol. The van der Waals surface area contributed by atoms with Gasteiger partial charge in [0.15, 0.2) is 0 Å². The first-order valence-corrected chi connectivity index (χ1v) is 9.86. The fourth-order valence-electron chi connectivity index (χ4n) is 2.24. The van der Waals surface area contributed by atoms with Gasteiger partial charge in [-0.15, -0.1) is 11.3 Å². The van der Waals surface area contributed by atoms with Gasteiger partial charge in [0.2, 0.25) is 0 Å². The number of anilines is 1. The van der Waals surface area contributed by atoms with Gasteiger partial charge in [-0.1, -0.05) is 6.07 Å². The van der Waals surface area contributed by atoms with E-state index in [4.69, 9.17) is 0 Å². The average Bonchev–Trinajstić information content (AvgIpc) is 3.05. The molecule has 0 bridgehead atoms. The van der Waals surface area contributed by atoms with E-state index in [1.165, 1.54) is 11.3 Å². The highest BCUT2D eigenvalue weighted by atomic mass is 79.9. The number of halogens is 1. The second kappa shape index (κ2) is 6.10.